The minimum atomic E-state index is -0.968. The summed E-state index contributed by atoms with van der Waals surface area (Å²) in [4.78, 5) is 54.3. The number of hydrogen-bond donors (Lipinski definition) is 3. The van der Waals surface area contributed by atoms with Gasteiger partial charge >= 0.3 is 5.97 Å². The van der Waals surface area contributed by atoms with Crippen LogP contribution in [0.5, 0.6) is 11.5 Å². The Morgan fingerprint density at radius 2 is 1.65 bits per heavy atom. The fourth-order valence-electron chi connectivity index (χ4n) is 5.63. The van der Waals surface area contributed by atoms with Crippen molar-refractivity contribution in [2.24, 2.45) is 40.6 Å². The fraction of sp³-hybridized carbons (Fsp3) is 0.605. The van der Waals surface area contributed by atoms with Gasteiger partial charge in [0, 0.05) is 38.6 Å². The molecule has 14 heteroatoms. The normalized spacial score (nSPS) is 13.9. The van der Waals surface area contributed by atoms with Crippen LogP contribution in [0, 0.1) is 39.2 Å². The maximum atomic E-state index is 13.6. The highest BCUT2D eigenvalue weighted by Gasteiger charge is 2.35. The molecule has 0 aliphatic rings. The molecule has 0 heterocycles. The van der Waals surface area contributed by atoms with Gasteiger partial charge in [-0.15, -0.1) is 10.1 Å². The second-order valence-corrected chi connectivity index (χ2v) is 14.5. The van der Waals surface area contributed by atoms with Crippen LogP contribution in [0.3, 0.4) is 0 Å². The van der Waals surface area contributed by atoms with E-state index in [2.05, 4.69) is 24.0 Å². The number of primary amides is 1. The fourth-order valence-corrected chi connectivity index (χ4v) is 5.63. The van der Waals surface area contributed by atoms with Gasteiger partial charge in [0.2, 0.25) is 11.8 Å². The molecule has 0 aliphatic heterocycles. The number of nitrogens with zero attached hydrogens (tertiary/aromatic N) is 1. The van der Waals surface area contributed by atoms with Gasteiger partial charge in [0.25, 0.3) is 5.09 Å². The number of amides is 2. The molecular formula is C38H58N4O10. The first kappa shape index (κ1) is 43.7. The van der Waals surface area contributed by atoms with Crippen LogP contribution < -0.4 is 26.3 Å². The zero-order chi connectivity index (χ0) is 39.0. The summed E-state index contributed by atoms with van der Waals surface area (Å²) in [6, 6.07) is 11.3. The third-order valence-electron chi connectivity index (χ3n) is 9.23. The average Bonchev–Trinajstić information content (AvgIpc) is 3.09. The molecule has 0 bridgehead atoms. The molecule has 0 aromatic heterocycles. The molecule has 0 radical (unpaired) electrons. The number of benzene rings is 2. The minimum Gasteiger partial charge on any atom is -0.493 e. The number of rotatable bonds is 24. The highest BCUT2D eigenvalue weighted by Crippen LogP contribution is 2.32. The Labute approximate surface area is 307 Å². The summed E-state index contributed by atoms with van der Waals surface area (Å²) in [7, 11) is 3.23. The molecule has 0 aliphatic carbocycles. The van der Waals surface area contributed by atoms with Crippen molar-refractivity contribution >= 4 is 17.8 Å². The van der Waals surface area contributed by atoms with E-state index in [1.807, 2.05) is 32.0 Å². The van der Waals surface area contributed by atoms with Crippen molar-refractivity contribution in [1.29, 1.82) is 0 Å². The molecule has 14 nitrogen and oxygen atoms in total. The number of carbonyl (C=O) groups excluding carboxylic acids is 3. The smallest absolute Gasteiger partial charge is 0.338 e. The largest absolute Gasteiger partial charge is 0.493 e. The van der Waals surface area contributed by atoms with Gasteiger partial charge in [-0.05, 0) is 86.3 Å². The van der Waals surface area contributed by atoms with E-state index in [0.29, 0.717) is 43.1 Å². The van der Waals surface area contributed by atoms with Gasteiger partial charge in [-0.2, -0.15) is 0 Å². The van der Waals surface area contributed by atoms with Crippen LogP contribution in [0.1, 0.15) is 82.3 Å². The lowest BCUT2D eigenvalue weighted by atomic mass is 9.80. The summed E-state index contributed by atoms with van der Waals surface area (Å²) >= 11 is 0. The Bertz CT molecular complexity index is 1470. The van der Waals surface area contributed by atoms with Gasteiger partial charge in [-0.25, -0.2) is 4.79 Å². The SMILES string of the molecule is COCCCOc1cc(CC(CC(N)C(CC(C(=O)NCC(C)(C)C(N)=O)C(C)C)OC(=O)c2cccc(CO[N+](=O)[O-])c2)C(C)C)ccc1OC. The second kappa shape index (κ2) is 21.2. The van der Waals surface area contributed by atoms with Crippen LogP contribution in [0.15, 0.2) is 42.5 Å². The topological polar surface area (TPSA) is 205 Å². The van der Waals surface area contributed by atoms with Crippen molar-refractivity contribution in [2.45, 2.75) is 86.0 Å². The molecule has 4 atom stereocenters. The molecule has 0 saturated heterocycles. The number of carbonyl (C=O) groups is 3. The third kappa shape index (κ3) is 14.3. The number of esters is 1. The summed E-state index contributed by atoms with van der Waals surface area (Å²) in [5.74, 6) is -0.844. The first-order valence-corrected chi connectivity index (χ1v) is 17.7. The predicted octanol–water partition coefficient (Wildman–Crippen LogP) is 4.87. The third-order valence-corrected chi connectivity index (χ3v) is 9.23. The Morgan fingerprint density at radius 3 is 2.25 bits per heavy atom. The van der Waals surface area contributed by atoms with Gasteiger partial charge in [0.15, 0.2) is 11.5 Å². The van der Waals surface area contributed by atoms with Crippen LogP contribution >= 0.6 is 0 Å². The lowest BCUT2D eigenvalue weighted by Crippen LogP contribution is -2.47. The van der Waals surface area contributed by atoms with Gasteiger partial charge in [-0.1, -0.05) is 45.9 Å². The standard InChI is InChI=1S/C38H58N4O10/c1-24(2)29(17-26-13-14-32(49-8)34(19-26)50-16-10-15-48-7)20-31(39)33(21-30(25(3)4)35(43)41-23-38(5,6)37(40)45)52-36(44)28-12-9-11-27(18-28)22-51-42(46)47/h9,11-14,18-19,24-25,29-31,33H,10,15-17,20-23,39H2,1-8H3,(H2,40,45)(H,41,43). The van der Waals surface area contributed by atoms with Crippen molar-refractivity contribution in [2.75, 3.05) is 34.0 Å². The predicted molar refractivity (Wildman–Crippen MR) is 196 cm³/mol. The number of methoxy groups -OCH3 is 2. The second-order valence-electron chi connectivity index (χ2n) is 14.5. The molecule has 0 fully saturated rings. The van der Waals surface area contributed by atoms with E-state index >= 15 is 0 Å². The zero-order valence-electron chi connectivity index (χ0n) is 31.8. The first-order chi connectivity index (χ1) is 24.5. The molecule has 290 valence electrons. The van der Waals surface area contributed by atoms with Crippen LogP contribution in [-0.4, -0.2) is 69.0 Å². The monoisotopic (exact) mass is 730 g/mol. The van der Waals surface area contributed by atoms with Gasteiger partial charge in [0.05, 0.1) is 24.7 Å². The highest BCUT2D eigenvalue weighted by molar-refractivity contribution is 5.89. The quantitative estimate of drug-likeness (QED) is 0.0575. The lowest BCUT2D eigenvalue weighted by Gasteiger charge is -2.33. The van der Waals surface area contributed by atoms with Crippen molar-refractivity contribution in [1.82, 2.24) is 5.32 Å². The van der Waals surface area contributed by atoms with Crippen LogP contribution in [0.4, 0.5) is 0 Å². The van der Waals surface area contributed by atoms with Crippen LogP contribution in [0.2, 0.25) is 0 Å². The van der Waals surface area contributed by atoms with Crippen molar-refractivity contribution < 1.29 is 43.3 Å². The molecule has 52 heavy (non-hydrogen) atoms. The summed E-state index contributed by atoms with van der Waals surface area (Å²) in [5.41, 5.74) is 13.1. The van der Waals surface area contributed by atoms with Gasteiger partial charge in [-0.3, -0.25) is 9.59 Å². The van der Waals surface area contributed by atoms with Gasteiger partial charge in [0.1, 0.15) is 12.7 Å². The van der Waals surface area contributed by atoms with Crippen LogP contribution in [-0.2, 0) is 36.9 Å². The molecule has 4 unspecified atom stereocenters. The molecule has 2 rings (SSSR count). The van der Waals surface area contributed by atoms with E-state index in [1.54, 1.807) is 40.2 Å². The zero-order valence-corrected chi connectivity index (χ0v) is 31.8. The molecule has 0 saturated carbocycles. The Kier molecular flexibility index (Phi) is 17.8. The van der Waals surface area contributed by atoms with E-state index in [4.69, 9.17) is 30.4 Å². The Hall–Kier alpha value is -4.43. The minimum absolute atomic E-state index is 0.0370. The van der Waals surface area contributed by atoms with Crippen LogP contribution in [0.25, 0.3) is 0 Å². The molecule has 2 aromatic rings. The summed E-state index contributed by atoms with van der Waals surface area (Å²) in [5, 5.41) is 12.7. The number of hydrogen-bond acceptors (Lipinski definition) is 11. The van der Waals surface area contributed by atoms with E-state index in [0.717, 1.165) is 12.0 Å². The Balaban J connectivity index is 2.39. The molecule has 2 amide bonds. The van der Waals surface area contributed by atoms with E-state index in [9.17, 15) is 24.5 Å². The summed E-state index contributed by atoms with van der Waals surface area (Å²) < 4.78 is 22.7. The first-order valence-electron chi connectivity index (χ1n) is 17.7. The number of nitrogens with two attached hydrogens (primary N) is 2. The van der Waals surface area contributed by atoms with E-state index < -0.39 is 40.4 Å². The number of ether oxygens (including phenoxy) is 4. The molecule has 0 spiro atoms. The Morgan fingerprint density at radius 1 is 0.942 bits per heavy atom. The highest BCUT2D eigenvalue weighted by atomic mass is 16.9. The summed E-state index contributed by atoms with van der Waals surface area (Å²) in [6.07, 6.45) is 1.07. The molecular weight excluding hydrogens is 672 g/mol. The maximum absolute atomic E-state index is 13.6. The summed E-state index contributed by atoms with van der Waals surface area (Å²) in [6.45, 7) is 12.0. The van der Waals surface area contributed by atoms with Crippen molar-refractivity contribution in [3.8, 4) is 11.5 Å². The van der Waals surface area contributed by atoms with E-state index in [-0.39, 0.29) is 48.8 Å². The van der Waals surface area contributed by atoms with Gasteiger partial charge < -0.3 is 40.6 Å². The van der Waals surface area contributed by atoms with Crippen molar-refractivity contribution in [3.05, 3.63) is 69.3 Å². The number of nitrogens with one attached hydrogen (secondary N) is 1. The van der Waals surface area contributed by atoms with Crippen molar-refractivity contribution in [3.63, 3.8) is 0 Å². The molecule has 2 aromatic carbocycles. The molecule has 5 N–H and O–H groups in total. The van der Waals surface area contributed by atoms with E-state index in [1.165, 1.54) is 12.1 Å². The maximum Gasteiger partial charge on any atom is 0.338 e. The average molecular weight is 731 g/mol. The lowest BCUT2D eigenvalue weighted by molar-refractivity contribution is -0.763.